The summed E-state index contributed by atoms with van der Waals surface area (Å²) >= 11 is 1.61. The van der Waals surface area contributed by atoms with Gasteiger partial charge >= 0.3 is 0 Å². The van der Waals surface area contributed by atoms with Gasteiger partial charge < -0.3 is 9.64 Å². The second-order valence-corrected chi connectivity index (χ2v) is 5.84. The average molecular weight is 303 g/mol. The van der Waals surface area contributed by atoms with Crippen LogP contribution >= 0.6 is 11.3 Å². The van der Waals surface area contributed by atoms with Crippen LogP contribution in [0.5, 0.6) is 0 Å². The maximum atomic E-state index is 12.3. The molecule has 0 unspecified atom stereocenters. The summed E-state index contributed by atoms with van der Waals surface area (Å²) in [6.07, 6.45) is 1.95. The van der Waals surface area contributed by atoms with E-state index in [2.05, 4.69) is 9.97 Å². The Bertz CT molecular complexity index is 615. The molecule has 3 rings (SSSR count). The van der Waals surface area contributed by atoms with Crippen LogP contribution in [0.3, 0.4) is 0 Å². The van der Waals surface area contributed by atoms with E-state index in [0.29, 0.717) is 31.9 Å². The van der Waals surface area contributed by atoms with Crippen LogP contribution in [0.1, 0.15) is 23.2 Å². The number of hydrogen-bond acceptors (Lipinski definition) is 5. The molecule has 1 atom stereocenters. The van der Waals surface area contributed by atoms with Crippen molar-refractivity contribution in [2.75, 3.05) is 19.7 Å². The number of thiophene rings is 1. The summed E-state index contributed by atoms with van der Waals surface area (Å²) in [6.45, 7) is 3.60. The number of rotatable bonds is 3. The summed E-state index contributed by atoms with van der Waals surface area (Å²) in [5, 5.41) is 4.00. The molecule has 0 aliphatic carbocycles. The highest BCUT2D eigenvalue weighted by Crippen LogP contribution is 2.20. The fourth-order valence-electron chi connectivity index (χ4n) is 2.34. The van der Waals surface area contributed by atoms with E-state index in [1.54, 1.807) is 17.5 Å². The molecule has 0 saturated carbocycles. The Kier molecular flexibility index (Phi) is 4.26. The number of carbonyl (C=O) groups is 1. The van der Waals surface area contributed by atoms with Crippen molar-refractivity contribution in [3.63, 3.8) is 0 Å². The van der Waals surface area contributed by atoms with Crippen molar-refractivity contribution in [3.8, 4) is 0 Å². The van der Waals surface area contributed by atoms with E-state index in [1.807, 2.05) is 34.7 Å². The zero-order chi connectivity index (χ0) is 14.7. The van der Waals surface area contributed by atoms with Crippen molar-refractivity contribution in [3.05, 3.63) is 46.2 Å². The fraction of sp³-hybridized carbons (Fsp3) is 0.400. The maximum Gasteiger partial charge on any atom is 0.227 e. The molecule has 0 spiro atoms. The van der Waals surface area contributed by atoms with Crippen LogP contribution in [-0.2, 0) is 16.0 Å². The number of hydrogen-bond donors (Lipinski definition) is 0. The van der Waals surface area contributed by atoms with Gasteiger partial charge in [0.2, 0.25) is 5.91 Å². The zero-order valence-corrected chi connectivity index (χ0v) is 12.7. The van der Waals surface area contributed by atoms with E-state index in [-0.39, 0.29) is 12.0 Å². The Morgan fingerprint density at radius 2 is 2.43 bits per heavy atom. The van der Waals surface area contributed by atoms with Crippen molar-refractivity contribution in [1.82, 2.24) is 14.9 Å². The van der Waals surface area contributed by atoms with Crippen molar-refractivity contribution < 1.29 is 9.53 Å². The third-order valence-corrected chi connectivity index (χ3v) is 4.19. The highest BCUT2D eigenvalue weighted by molar-refractivity contribution is 7.07. The molecule has 1 aliphatic heterocycles. The summed E-state index contributed by atoms with van der Waals surface area (Å²) in [7, 11) is 0. The van der Waals surface area contributed by atoms with E-state index >= 15 is 0 Å². The summed E-state index contributed by atoms with van der Waals surface area (Å²) < 4.78 is 5.72. The normalized spacial score (nSPS) is 18.7. The minimum atomic E-state index is -0.231. The number of morpholine rings is 1. The van der Waals surface area contributed by atoms with Crippen LogP contribution in [0.4, 0.5) is 0 Å². The molecule has 110 valence electrons. The summed E-state index contributed by atoms with van der Waals surface area (Å²) in [5.74, 6) is 0.789. The average Bonchev–Trinajstić information content (AvgIpc) is 3.00. The summed E-state index contributed by atoms with van der Waals surface area (Å²) in [6, 6.07) is 3.84. The molecule has 5 nitrogen and oxygen atoms in total. The standard InChI is InChI=1S/C15H17N3O2S/c1-11-2-4-16-15(17-11)13-9-18(5-6-20-13)14(19)8-12-3-7-21-10-12/h2-4,7,10,13H,5-6,8-9H2,1H3/t13-/m1/s1. The first-order valence-electron chi connectivity index (χ1n) is 6.92. The molecule has 6 heteroatoms. The molecule has 1 saturated heterocycles. The highest BCUT2D eigenvalue weighted by Gasteiger charge is 2.27. The minimum Gasteiger partial charge on any atom is -0.367 e. The molecule has 1 fully saturated rings. The molecule has 1 amide bonds. The third kappa shape index (κ3) is 3.46. The van der Waals surface area contributed by atoms with Gasteiger partial charge in [-0.25, -0.2) is 9.97 Å². The van der Waals surface area contributed by atoms with Gasteiger partial charge in [-0.3, -0.25) is 4.79 Å². The predicted octanol–water partition coefficient (Wildman–Crippen LogP) is 1.99. The Labute approximate surface area is 127 Å². The Morgan fingerprint density at radius 1 is 1.52 bits per heavy atom. The monoisotopic (exact) mass is 303 g/mol. The second kappa shape index (κ2) is 6.32. The molecule has 0 radical (unpaired) electrons. The molecule has 2 aromatic rings. The van der Waals surface area contributed by atoms with Crippen molar-refractivity contribution in [2.45, 2.75) is 19.4 Å². The summed E-state index contributed by atoms with van der Waals surface area (Å²) in [5.41, 5.74) is 1.98. The maximum absolute atomic E-state index is 12.3. The van der Waals surface area contributed by atoms with Crippen molar-refractivity contribution >= 4 is 17.2 Å². The van der Waals surface area contributed by atoms with Gasteiger partial charge in [-0.1, -0.05) is 0 Å². The molecule has 1 aliphatic rings. The lowest BCUT2D eigenvalue weighted by molar-refractivity contribution is -0.138. The van der Waals surface area contributed by atoms with Crippen LogP contribution in [-0.4, -0.2) is 40.5 Å². The van der Waals surface area contributed by atoms with Crippen molar-refractivity contribution in [1.29, 1.82) is 0 Å². The third-order valence-electron chi connectivity index (χ3n) is 3.46. The lowest BCUT2D eigenvalue weighted by atomic mass is 10.2. The molecule has 0 aromatic carbocycles. The SMILES string of the molecule is Cc1ccnc([C@H]2CN(C(=O)Cc3ccsc3)CCO2)n1. The van der Waals surface area contributed by atoms with Crippen LogP contribution in [0.15, 0.2) is 29.1 Å². The first kappa shape index (κ1) is 14.2. The molecular weight excluding hydrogens is 286 g/mol. The molecule has 0 N–H and O–H groups in total. The largest absolute Gasteiger partial charge is 0.367 e. The number of aromatic nitrogens is 2. The van der Waals surface area contributed by atoms with Gasteiger partial charge in [-0.15, -0.1) is 0 Å². The van der Waals surface area contributed by atoms with E-state index in [0.717, 1.165) is 11.3 Å². The molecule has 0 bridgehead atoms. The van der Waals surface area contributed by atoms with Gasteiger partial charge in [0.1, 0.15) is 6.10 Å². The number of carbonyl (C=O) groups excluding carboxylic acids is 1. The Morgan fingerprint density at radius 3 is 3.19 bits per heavy atom. The number of ether oxygens (including phenoxy) is 1. The van der Waals surface area contributed by atoms with E-state index < -0.39 is 0 Å². The van der Waals surface area contributed by atoms with E-state index in [4.69, 9.17) is 4.74 Å². The van der Waals surface area contributed by atoms with Gasteiger partial charge in [0.25, 0.3) is 0 Å². The van der Waals surface area contributed by atoms with Gasteiger partial charge in [0.15, 0.2) is 5.82 Å². The van der Waals surface area contributed by atoms with Gasteiger partial charge in [0, 0.05) is 18.4 Å². The smallest absolute Gasteiger partial charge is 0.227 e. The number of amides is 1. The molecule has 3 heterocycles. The van der Waals surface area contributed by atoms with Crippen LogP contribution in [0.25, 0.3) is 0 Å². The minimum absolute atomic E-state index is 0.134. The zero-order valence-electron chi connectivity index (χ0n) is 11.9. The quantitative estimate of drug-likeness (QED) is 0.870. The Hall–Kier alpha value is -1.79. The topological polar surface area (TPSA) is 55.3 Å². The molecule has 2 aromatic heterocycles. The van der Waals surface area contributed by atoms with E-state index in [1.165, 1.54) is 0 Å². The fourth-order valence-corrected chi connectivity index (χ4v) is 3.00. The van der Waals surface area contributed by atoms with Gasteiger partial charge in [-0.05, 0) is 35.4 Å². The first-order chi connectivity index (χ1) is 10.2. The predicted molar refractivity (Wildman–Crippen MR) is 80.1 cm³/mol. The highest BCUT2D eigenvalue weighted by atomic mass is 32.1. The van der Waals surface area contributed by atoms with Crippen LogP contribution in [0.2, 0.25) is 0 Å². The molecular formula is C15H17N3O2S. The Balaban J connectivity index is 1.66. The van der Waals surface area contributed by atoms with E-state index in [9.17, 15) is 4.79 Å². The lowest BCUT2D eigenvalue weighted by Gasteiger charge is -2.32. The van der Waals surface area contributed by atoms with Crippen LogP contribution in [0, 0.1) is 6.92 Å². The van der Waals surface area contributed by atoms with Crippen LogP contribution < -0.4 is 0 Å². The first-order valence-corrected chi connectivity index (χ1v) is 7.86. The molecule has 21 heavy (non-hydrogen) atoms. The second-order valence-electron chi connectivity index (χ2n) is 5.06. The summed E-state index contributed by atoms with van der Waals surface area (Å²) in [4.78, 5) is 22.8. The number of nitrogens with zero attached hydrogens (tertiary/aromatic N) is 3. The lowest BCUT2D eigenvalue weighted by Crippen LogP contribution is -2.43. The van der Waals surface area contributed by atoms with Crippen molar-refractivity contribution in [2.24, 2.45) is 0 Å². The van der Waals surface area contributed by atoms with Gasteiger partial charge in [0.05, 0.1) is 19.6 Å². The number of aryl methyl sites for hydroxylation is 1. The van der Waals surface area contributed by atoms with Gasteiger partial charge in [-0.2, -0.15) is 11.3 Å².